The van der Waals surface area contributed by atoms with E-state index in [9.17, 15) is 5.11 Å². The van der Waals surface area contributed by atoms with Gasteiger partial charge in [-0.15, -0.1) is 0 Å². The van der Waals surface area contributed by atoms with Crippen LogP contribution in [-0.4, -0.2) is 11.2 Å². The van der Waals surface area contributed by atoms with Crippen molar-refractivity contribution >= 4 is 0 Å². The smallest absolute Gasteiger partial charge is 0.0543 e. The Morgan fingerprint density at radius 1 is 0.652 bits per heavy atom. The van der Waals surface area contributed by atoms with E-state index in [1.165, 1.54) is 96.3 Å². The second kappa shape index (κ2) is 11.5. The molecule has 1 nitrogen and oxygen atoms in total. The van der Waals surface area contributed by atoms with Gasteiger partial charge in [-0.05, 0) is 49.9 Å². The average molecular weight is 323 g/mol. The van der Waals surface area contributed by atoms with Crippen LogP contribution in [0.3, 0.4) is 0 Å². The summed E-state index contributed by atoms with van der Waals surface area (Å²) in [6.45, 7) is 2.29. The minimum absolute atomic E-state index is 0.0207. The molecule has 23 heavy (non-hydrogen) atoms. The molecule has 0 amide bonds. The SMILES string of the molecule is CCCCCCCCCCCCC1CCC2CCC(O)CC2C1. The van der Waals surface area contributed by atoms with Gasteiger partial charge in [-0.3, -0.25) is 0 Å². The van der Waals surface area contributed by atoms with Crippen LogP contribution < -0.4 is 0 Å². The minimum Gasteiger partial charge on any atom is -0.393 e. The first-order chi connectivity index (χ1) is 11.3. The Balaban J connectivity index is 1.43. The van der Waals surface area contributed by atoms with E-state index in [1.807, 2.05) is 0 Å². The number of fused-ring (bicyclic) bond motifs is 1. The van der Waals surface area contributed by atoms with Crippen molar-refractivity contribution in [3.05, 3.63) is 0 Å². The summed E-state index contributed by atoms with van der Waals surface area (Å²) in [7, 11) is 0. The van der Waals surface area contributed by atoms with Crippen molar-refractivity contribution < 1.29 is 5.11 Å². The molecule has 2 aliphatic rings. The van der Waals surface area contributed by atoms with E-state index in [0.29, 0.717) is 0 Å². The van der Waals surface area contributed by atoms with E-state index < -0.39 is 0 Å². The van der Waals surface area contributed by atoms with Crippen molar-refractivity contribution in [3.63, 3.8) is 0 Å². The van der Waals surface area contributed by atoms with Gasteiger partial charge in [0.25, 0.3) is 0 Å². The maximum atomic E-state index is 9.90. The van der Waals surface area contributed by atoms with Gasteiger partial charge in [-0.2, -0.15) is 0 Å². The van der Waals surface area contributed by atoms with Gasteiger partial charge < -0.3 is 5.11 Å². The molecular formula is C22H42O. The second-order valence-corrected chi connectivity index (χ2v) is 8.64. The highest BCUT2D eigenvalue weighted by atomic mass is 16.3. The van der Waals surface area contributed by atoms with Gasteiger partial charge in [-0.25, -0.2) is 0 Å². The normalized spacial score (nSPS) is 31.0. The van der Waals surface area contributed by atoms with Crippen LogP contribution in [0.25, 0.3) is 0 Å². The Morgan fingerprint density at radius 2 is 1.26 bits per heavy atom. The standard InChI is InChI=1S/C22H42O/c1-2-3-4-5-6-7-8-9-10-11-12-19-13-14-20-15-16-22(23)18-21(20)17-19/h19-23H,2-18H2,1H3. The Labute approximate surface area is 145 Å². The van der Waals surface area contributed by atoms with Crippen molar-refractivity contribution in [1.29, 1.82) is 0 Å². The first-order valence-corrected chi connectivity index (χ1v) is 11.0. The fraction of sp³-hybridized carbons (Fsp3) is 1.00. The number of hydrogen-bond donors (Lipinski definition) is 1. The van der Waals surface area contributed by atoms with Crippen LogP contribution in [0.15, 0.2) is 0 Å². The highest BCUT2D eigenvalue weighted by molar-refractivity contribution is 4.86. The molecule has 2 fully saturated rings. The molecule has 0 aromatic heterocycles. The van der Waals surface area contributed by atoms with E-state index in [4.69, 9.17) is 0 Å². The van der Waals surface area contributed by atoms with Gasteiger partial charge >= 0.3 is 0 Å². The van der Waals surface area contributed by atoms with Crippen LogP contribution in [0.1, 0.15) is 116 Å². The predicted molar refractivity (Wildman–Crippen MR) is 101 cm³/mol. The predicted octanol–water partition coefficient (Wildman–Crippen LogP) is 6.87. The maximum absolute atomic E-state index is 9.90. The Morgan fingerprint density at radius 3 is 1.96 bits per heavy atom. The van der Waals surface area contributed by atoms with E-state index >= 15 is 0 Å². The van der Waals surface area contributed by atoms with Crippen molar-refractivity contribution in [2.75, 3.05) is 0 Å². The monoisotopic (exact) mass is 322 g/mol. The average Bonchev–Trinajstić information content (AvgIpc) is 2.56. The summed E-state index contributed by atoms with van der Waals surface area (Å²) in [4.78, 5) is 0. The van der Waals surface area contributed by atoms with Gasteiger partial charge in [0.15, 0.2) is 0 Å². The van der Waals surface area contributed by atoms with Crippen LogP contribution in [-0.2, 0) is 0 Å². The molecule has 4 unspecified atom stereocenters. The topological polar surface area (TPSA) is 20.2 Å². The van der Waals surface area contributed by atoms with Crippen LogP contribution in [0, 0.1) is 17.8 Å². The lowest BCUT2D eigenvalue weighted by atomic mass is 9.66. The summed E-state index contributed by atoms with van der Waals surface area (Å²) in [5, 5.41) is 9.90. The van der Waals surface area contributed by atoms with E-state index in [1.54, 1.807) is 0 Å². The Bertz CT molecular complexity index is 288. The molecule has 0 saturated heterocycles. The first kappa shape index (κ1) is 19.3. The molecule has 2 rings (SSSR count). The molecule has 0 spiro atoms. The van der Waals surface area contributed by atoms with Crippen LogP contribution in [0.4, 0.5) is 0 Å². The quantitative estimate of drug-likeness (QED) is 0.411. The lowest BCUT2D eigenvalue weighted by molar-refractivity contribution is 0.0331. The van der Waals surface area contributed by atoms with Crippen LogP contribution in [0.5, 0.6) is 0 Å². The van der Waals surface area contributed by atoms with Crippen LogP contribution >= 0.6 is 0 Å². The van der Waals surface area contributed by atoms with Gasteiger partial charge in [0.1, 0.15) is 0 Å². The third kappa shape index (κ3) is 7.59. The molecule has 1 N–H and O–H groups in total. The van der Waals surface area contributed by atoms with Crippen molar-refractivity contribution in [2.24, 2.45) is 17.8 Å². The molecule has 4 atom stereocenters. The highest BCUT2D eigenvalue weighted by Crippen LogP contribution is 2.44. The zero-order chi connectivity index (χ0) is 16.3. The van der Waals surface area contributed by atoms with Crippen molar-refractivity contribution in [1.82, 2.24) is 0 Å². The zero-order valence-corrected chi connectivity index (χ0v) is 15.8. The molecule has 0 heterocycles. The van der Waals surface area contributed by atoms with Crippen molar-refractivity contribution in [3.8, 4) is 0 Å². The van der Waals surface area contributed by atoms with Gasteiger partial charge in [-0.1, -0.05) is 84.0 Å². The third-order valence-electron chi connectivity index (χ3n) is 6.66. The molecule has 0 radical (unpaired) electrons. The molecule has 0 aromatic carbocycles. The molecule has 2 aliphatic carbocycles. The highest BCUT2D eigenvalue weighted by Gasteiger charge is 2.34. The maximum Gasteiger partial charge on any atom is 0.0543 e. The fourth-order valence-corrected chi connectivity index (χ4v) is 5.15. The zero-order valence-electron chi connectivity index (χ0n) is 15.8. The number of rotatable bonds is 11. The van der Waals surface area contributed by atoms with Gasteiger partial charge in [0, 0.05) is 0 Å². The molecule has 0 bridgehead atoms. The van der Waals surface area contributed by atoms with Crippen LogP contribution in [0.2, 0.25) is 0 Å². The van der Waals surface area contributed by atoms with E-state index in [2.05, 4.69) is 6.92 Å². The molecule has 1 heteroatoms. The number of aliphatic hydroxyl groups excluding tert-OH is 1. The van der Waals surface area contributed by atoms with E-state index in [-0.39, 0.29) is 6.10 Å². The lowest BCUT2D eigenvalue weighted by Gasteiger charge is -2.41. The number of unbranched alkanes of at least 4 members (excludes halogenated alkanes) is 9. The molecular weight excluding hydrogens is 280 g/mol. The molecule has 0 aliphatic heterocycles. The largest absolute Gasteiger partial charge is 0.393 e. The summed E-state index contributed by atoms with van der Waals surface area (Å²) in [6.07, 6.45) is 23.8. The molecule has 136 valence electrons. The summed E-state index contributed by atoms with van der Waals surface area (Å²) in [5.41, 5.74) is 0. The van der Waals surface area contributed by atoms with Gasteiger partial charge in [0.2, 0.25) is 0 Å². The summed E-state index contributed by atoms with van der Waals surface area (Å²) in [6, 6.07) is 0. The van der Waals surface area contributed by atoms with E-state index in [0.717, 1.165) is 30.6 Å². The minimum atomic E-state index is 0.0207. The lowest BCUT2D eigenvalue weighted by Crippen LogP contribution is -2.33. The Kier molecular flexibility index (Phi) is 9.65. The van der Waals surface area contributed by atoms with Crippen molar-refractivity contribution in [2.45, 2.75) is 122 Å². The summed E-state index contributed by atoms with van der Waals surface area (Å²) >= 11 is 0. The number of hydrogen-bond acceptors (Lipinski definition) is 1. The Hall–Kier alpha value is -0.0400. The van der Waals surface area contributed by atoms with Gasteiger partial charge in [0.05, 0.1) is 6.10 Å². The fourth-order valence-electron chi connectivity index (χ4n) is 5.15. The molecule has 2 saturated carbocycles. The summed E-state index contributed by atoms with van der Waals surface area (Å²) < 4.78 is 0. The number of aliphatic hydroxyl groups is 1. The summed E-state index contributed by atoms with van der Waals surface area (Å²) in [5.74, 6) is 2.80. The second-order valence-electron chi connectivity index (χ2n) is 8.64. The third-order valence-corrected chi connectivity index (χ3v) is 6.66. The molecule has 0 aromatic rings. The first-order valence-electron chi connectivity index (χ1n) is 11.0.